The Morgan fingerprint density at radius 3 is 2.95 bits per heavy atom. The number of likely N-dealkylation sites (tertiary alicyclic amines) is 1. The van der Waals surface area contributed by atoms with Crippen molar-refractivity contribution in [2.24, 2.45) is 7.05 Å². The number of hydrogen-bond donors (Lipinski definition) is 2. The number of carbonyl (C=O) groups is 1. The normalized spacial score (nSPS) is 16.2. The summed E-state index contributed by atoms with van der Waals surface area (Å²) in [5.74, 6) is 0.603. The largest absolute Gasteiger partial charge is 0.388 e. The lowest BCUT2D eigenvalue weighted by Crippen LogP contribution is -2.29. The number of H-pyrrole nitrogens is 1. The molecule has 1 fully saturated rings. The fourth-order valence-electron chi connectivity index (χ4n) is 5.28. The number of aromatic amines is 1. The number of carbonyl (C=O) groups excluding carboxylic acids is 1. The Hall–Kier alpha value is -3.81. The molecule has 4 heterocycles. The van der Waals surface area contributed by atoms with Gasteiger partial charge >= 0.3 is 0 Å². The molecule has 0 saturated carbocycles. The molecule has 196 valence electrons. The van der Waals surface area contributed by atoms with Crippen molar-refractivity contribution in [1.82, 2.24) is 35.1 Å². The fraction of sp³-hybridized carbons (Fsp3) is 0.407. The molecule has 0 spiro atoms. The summed E-state index contributed by atoms with van der Waals surface area (Å²) in [4.78, 5) is 23.7. The van der Waals surface area contributed by atoms with E-state index < -0.39 is 6.10 Å². The van der Waals surface area contributed by atoms with Gasteiger partial charge in [-0.3, -0.25) is 4.79 Å². The lowest BCUT2D eigenvalue weighted by Gasteiger charge is -2.17. The van der Waals surface area contributed by atoms with Crippen molar-refractivity contribution in [3.63, 3.8) is 0 Å². The summed E-state index contributed by atoms with van der Waals surface area (Å²) in [7, 11) is 1.92. The minimum absolute atomic E-state index is 0.0407. The molecular weight excluding hydrogens is 504 g/mol. The smallest absolute Gasteiger partial charge is 0.256 e. The van der Waals surface area contributed by atoms with Crippen molar-refractivity contribution in [1.29, 1.82) is 0 Å². The van der Waals surface area contributed by atoms with Crippen LogP contribution in [0.25, 0.3) is 15.9 Å². The first-order valence-corrected chi connectivity index (χ1v) is 13.1. The monoisotopic (exact) mass is 532 g/mol. The van der Waals surface area contributed by atoms with E-state index >= 15 is 0 Å². The number of fused-ring (bicyclic) bond motifs is 1. The number of amides is 1. The number of hydrogen-bond acceptors (Lipinski definition) is 6. The second-order valence-electron chi connectivity index (χ2n) is 9.73. The number of benzene rings is 1. The van der Waals surface area contributed by atoms with Crippen molar-refractivity contribution >= 4 is 34.2 Å². The SMILES string of the molecule is [C-]#[N+]c1cnc2c(c1)c(C(=O)N1CC[C@H](c3nn[nH]n3)C1)c(CCCCCC(O)c1cccc(Cl)c1)n2C. The number of aromatic nitrogens is 6. The van der Waals surface area contributed by atoms with Gasteiger partial charge < -0.3 is 14.6 Å². The number of aryl methyl sites for hydroxylation is 1. The number of tetrazole rings is 1. The Labute approximate surface area is 225 Å². The van der Waals surface area contributed by atoms with Gasteiger partial charge in [0.1, 0.15) is 5.65 Å². The summed E-state index contributed by atoms with van der Waals surface area (Å²) < 4.78 is 1.98. The van der Waals surface area contributed by atoms with E-state index in [1.165, 1.54) is 0 Å². The van der Waals surface area contributed by atoms with E-state index in [0.29, 0.717) is 59.1 Å². The van der Waals surface area contributed by atoms with E-state index in [1.54, 1.807) is 24.4 Å². The zero-order chi connectivity index (χ0) is 26.6. The van der Waals surface area contributed by atoms with Crippen LogP contribution in [0.3, 0.4) is 0 Å². The standard InChI is InChI=1S/C27H29ClN8O2/c1-29-20-14-21-24(27(38)36-12-11-18(16-36)25-31-33-34-32-25)22(35(2)26(21)30-15-20)9-4-3-5-10-23(37)17-7-6-8-19(28)13-17/h6-8,13-15,18,23,37H,3-5,9-12,16H2,2H3,(H,31,32,33,34)/t18-,23?/m0/s1. The minimum Gasteiger partial charge on any atom is -0.388 e. The van der Waals surface area contributed by atoms with Crippen molar-refractivity contribution in [3.05, 3.63) is 75.6 Å². The minimum atomic E-state index is -0.554. The number of rotatable bonds is 9. The average Bonchev–Trinajstić information content (AvgIpc) is 3.68. The second kappa shape index (κ2) is 11.3. The van der Waals surface area contributed by atoms with E-state index in [2.05, 4.69) is 30.5 Å². The van der Waals surface area contributed by atoms with Gasteiger partial charge in [0.25, 0.3) is 5.91 Å². The Morgan fingerprint density at radius 2 is 2.18 bits per heavy atom. The summed E-state index contributed by atoms with van der Waals surface area (Å²) in [6.45, 7) is 8.55. The highest BCUT2D eigenvalue weighted by atomic mass is 35.5. The lowest BCUT2D eigenvalue weighted by molar-refractivity contribution is 0.0791. The first kappa shape index (κ1) is 25.8. The van der Waals surface area contributed by atoms with Crippen molar-refractivity contribution < 1.29 is 9.90 Å². The van der Waals surface area contributed by atoms with Gasteiger partial charge in [0.15, 0.2) is 5.82 Å². The molecule has 11 heteroatoms. The molecule has 3 aromatic heterocycles. The van der Waals surface area contributed by atoms with Gasteiger partial charge in [-0.2, -0.15) is 5.21 Å². The molecule has 1 unspecified atom stereocenters. The number of halogens is 1. The zero-order valence-electron chi connectivity index (χ0n) is 21.1. The summed E-state index contributed by atoms with van der Waals surface area (Å²) >= 11 is 6.05. The van der Waals surface area contributed by atoms with Crippen LogP contribution in [-0.4, -0.2) is 59.2 Å². The molecule has 4 aromatic rings. The van der Waals surface area contributed by atoms with Gasteiger partial charge in [0.05, 0.1) is 18.2 Å². The Balaban J connectivity index is 1.31. The second-order valence-corrected chi connectivity index (χ2v) is 10.2. The van der Waals surface area contributed by atoms with Crippen LogP contribution in [0.15, 0.2) is 36.5 Å². The number of aliphatic hydroxyl groups is 1. The summed E-state index contributed by atoms with van der Waals surface area (Å²) in [6.07, 6.45) is 5.70. The van der Waals surface area contributed by atoms with Gasteiger partial charge in [-0.25, -0.2) is 9.83 Å². The van der Waals surface area contributed by atoms with Crippen LogP contribution in [0, 0.1) is 6.57 Å². The molecular formula is C27H29ClN8O2. The van der Waals surface area contributed by atoms with Crippen LogP contribution < -0.4 is 0 Å². The number of nitrogens with zero attached hydrogens (tertiary/aromatic N) is 7. The molecule has 1 amide bonds. The molecule has 1 aliphatic heterocycles. The fourth-order valence-corrected chi connectivity index (χ4v) is 5.48. The van der Waals surface area contributed by atoms with Gasteiger partial charge in [0.2, 0.25) is 5.69 Å². The van der Waals surface area contributed by atoms with Gasteiger partial charge in [-0.05, 0) is 49.4 Å². The summed E-state index contributed by atoms with van der Waals surface area (Å²) in [5.41, 5.74) is 3.46. The molecule has 1 aromatic carbocycles. The summed E-state index contributed by atoms with van der Waals surface area (Å²) in [6, 6.07) is 9.09. The molecule has 38 heavy (non-hydrogen) atoms. The van der Waals surface area contributed by atoms with E-state index in [-0.39, 0.29) is 11.8 Å². The molecule has 0 aliphatic carbocycles. The molecule has 0 radical (unpaired) electrons. The highest BCUT2D eigenvalue weighted by Crippen LogP contribution is 2.33. The Morgan fingerprint density at radius 1 is 1.32 bits per heavy atom. The van der Waals surface area contributed by atoms with Crippen molar-refractivity contribution in [2.75, 3.05) is 13.1 Å². The maximum atomic E-state index is 13.9. The first-order chi connectivity index (χ1) is 18.5. The Kier molecular flexibility index (Phi) is 7.67. The van der Waals surface area contributed by atoms with Crippen LogP contribution in [0.1, 0.15) is 71.6 Å². The molecule has 2 atom stereocenters. The molecule has 0 bridgehead atoms. The molecule has 1 saturated heterocycles. The van der Waals surface area contributed by atoms with E-state index in [0.717, 1.165) is 36.9 Å². The maximum absolute atomic E-state index is 13.9. The molecule has 2 N–H and O–H groups in total. The third-order valence-electron chi connectivity index (χ3n) is 7.30. The Bertz CT molecular complexity index is 1480. The van der Waals surface area contributed by atoms with Crippen LogP contribution in [-0.2, 0) is 13.5 Å². The topological polar surface area (TPSA) is 117 Å². The predicted octanol–water partition coefficient (Wildman–Crippen LogP) is 4.76. The van der Waals surface area contributed by atoms with Gasteiger partial charge in [0, 0.05) is 48.4 Å². The van der Waals surface area contributed by atoms with Crippen LogP contribution in [0.5, 0.6) is 0 Å². The number of nitrogens with one attached hydrogen (secondary N) is 1. The number of unbranched alkanes of at least 4 members (excludes halogenated alkanes) is 2. The quantitative estimate of drug-likeness (QED) is 0.237. The van der Waals surface area contributed by atoms with Gasteiger partial charge in [-0.15, -0.1) is 10.2 Å². The molecule has 1 aliphatic rings. The molecule has 5 rings (SSSR count). The third-order valence-corrected chi connectivity index (χ3v) is 7.54. The number of aliphatic hydroxyl groups excluding tert-OH is 1. The summed E-state index contributed by atoms with van der Waals surface area (Å²) in [5, 5.41) is 26.2. The lowest BCUT2D eigenvalue weighted by atomic mass is 10.0. The van der Waals surface area contributed by atoms with Crippen LogP contribution >= 0.6 is 11.6 Å². The van der Waals surface area contributed by atoms with Crippen molar-refractivity contribution in [3.8, 4) is 0 Å². The van der Waals surface area contributed by atoms with E-state index in [4.69, 9.17) is 18.2 Å². The maximum Gasteiger partial charge on any atom is 0.256 e. The highest BCUT2D eigenvalue weighted by molar-refractivity contribution is 6.30. The predicted molar refractivity (Wildman–Crippen MR) is 143 cm³/mol. The van der Waals surface area contributed by atoms with Crippen LogP contribution in [0.2, 0.25) is 5.02 Å². The molecule has 10 nitrogen and oxygen atoms in total. The average molecular weight is 533 g/mol. The first-order valence-electron chi connectivity index (χ1n) is 12.8. The number of pyridine rings is 1. The third kappa shape index (κ3) is 5.26. The van der Waals surface area contributed by atoms with E-state index in [9.17, 15) is 9.90 Å². The van der Waals surface area contributed by atoms with Gasteiger partial charge in [-0.1, -0.05) is 41.8 Å². The highest BCUT2D eigenvalue weighted by Gasteiger charge is 2.33. The zero-order valence-corrected chi connectivity index (χ0v) is 21.9. The van der Waals surface area contributed by atoms with Crippen molar-refractivity contribution in [2.45, 2.75) is 50.5 Å². The van der Waals surface area contributed by atoms with E-state index in [1.807, 2.05) is 28.6 Å². The van der Waals surface area contributed by atoms with Crippen LogP contribution in [0.4, 0.5) is 5.69 Å².